The fourth-order valence-corrected chi connectivity index (χ4v) is 1.59. The number of hydrogen-bond acceptors (Lipinski definition) is 7. The summed E-state index contributed by atoms with van der Waals surface area (Å²) in [6.07, 6.45) is 0.426. The third kappa shape index (κ3) is 10.3. The quantitative estimate of drug-likeness (QED) is 0.263. The highest BCUT2D eigenvalue weighted by Crippen LogP contribution is 1.99. The molecule has 0 saturated heterocycles. The fourth-order valence-electron chi connectivity index (χ4n) is 1.59. The van der Waals surface area contributed by atoms with Gasteiger partial charge >= 0.3 is 0 Å². The van der Waals surface area contributed by atoms with Gasteiger partial charge in [-0.25, -0.2) is 0 Å². The summed E-state index contributed by atoms with van der Waals surface area (Å²) in [5.41, 5.74) is 0. The van der Waals surface area contributed by atoms with E-state index in [1.54, 1.807) is 6.08 Å². The van der Waals surface area contributed by atoms with Gasteiger partial charge < -0.3 is 24.6 Å². The molecule has 4 N–H and O–H groups in total. The molecule has 0 bridgehead atoms. The van der Waals surface area contributed by atoms with Crippen LogP contribution in [0.25, 0.3) is 0 Å². The molecule has 0 aromatic rings. The molecule has 0 aliphatic rings. The molecule has 0 aliphatic carbocycles. The van der Waals surface area contributed by atoms with Crippen LogP contribution in [0.3, 0.4) is 0 Å². The molecule has 0 rings (SSSR count). The molecule has 0 aromatic carbocycles. The van der Waals surface area contributed by atoms with E-state index in [2.05, 4.69) is 17.2 Å². The number of aliphatic hydroxyl groups is 2. The van der Waals surface area contributed by atoms with Gasteiger partial charge in [0.15, 0.2) is 0 Å². The van der Waals surface area contributed by atoms with Crippen molar-refractivity contribution in [3.8, 4) is 0 Å². The minimum atomic E-state index is -0.988. The van der Waals surface area contributed by atoms with Crippen LogP contribution in [0, 0.1) is 0 Å². The van der Waals surface area contributed by atoms with Crippen LogP contribution in [-0.4, -0.2) is 74.4 Å². The summed E-state index contributed by atoms with van der Waals surface area (Å²) < 4.78 is 10.0. The maximum Gasteiger partial charge on any atom is 0.213 e. The summed E-state index contributed by atoms with van der Waals surface area (Å²) in [6, 6.07) is 0.198. The Morgan fingerprint density at radius 3 is 2.40 bits per heavy atom. The van der Waals surface area contributed by atoms with Gasteiger partial charge in [-0.2, -0.15) is 0 Å². The standard InChI is InChI=1S/C13H29N3O4/c1-5-9-20-12(17)14-8-7-11(16(3)4)10-15-13(18)19-6-2/h5,11-15,17-18H,1,6-10H2,2-4H3. The summed E-state index contributed by atoms with van der Waals surface area (Å²) in [4.78, 5) is 2.05. The van der Waals surface area contributed by atoms with E-state index in [0.29, 0.717) is 26.3 Å². The van der Waals surface area contributed by atoms with Crippen LogP contribution in [0.1, 0.15) is 13.3 Å². The molecule has 0 aliphatic heterocycles. The molecule has 0 amide bonds. The first-order chi connectivity index (χ1) is 9.51. The third-order valence-corrected chi connectivity index (χ3v) is 2.75. The number of nitrogens with one attached hydrogen (secondary N) is 2. The van der Waals surface area contributed by atoms with E-state index in [0.717, 1.165) is 6.42 Å². The van der Waals surface area contributed by atoms with Crippen LogP contribution in [0.2, 0.25) is 0 Å². The highest BCUT2D eigenvalue weighted by molar-refractivity contribution is 4.70. The lowest BCUT2D eigenvalue weighted by atomic mass is 10.2. The third-order valence-electron chi connectivity index (χ3n) is 2.75. The first-order valence-corrected chi connectivity index (χ1v) is 6.84. The van der Waals surface area contributed by atoms with Gasteiger partial charge in [-0.1, -0.05) is 6.08 Å². The number of nitrogens with zero attached hydrogens (tertiary/aromatic N) is 1. The summed E-state index contributed by atoms with van der Waals surface area (Å²) >= 11 is 0. The average molecular weight is 291 g/mol. The summed E-state index contributed by atoms with van der Waals surface area (Å²) in [6.45, 7) is 7.25. The Kier molecular flexibility index (Phi) is 11.9. The van der Waals surface area contributed by atoms with Crippen LogP contribution in [0.15, 0.2) is 12.7 Å². The van der Waals surface area contributed by atoms with E-state index >= 15 is 0 Å². The van der Waals surface area contributed by atoms with E-state index in [-0.39, 0.29) is 6.04 Å². The van der Waals surface area contributed by atoms with Crippen molar-refractivity contribution in [1.29, 1.82) is 0 Å². The molecule has 0 fully saturated rings. The van der Waals surface area contributed by atoms with E-state index in [9.17, 15) is 10.2 Å². The second kappa shape index (κ2) is 12.2. The van der Waals surface area contributed by atoms with Crippen molar-refractivity contribution in [2.45, 2.75) is 32.2 Å². The SMILES string of the molecule is C=CCOC(O)NCCC(CNC(O)OCC)N(C)C. The molecule has 3 unspecified atom stereocenters. The first-order valence-electron chi connectivity index (χ1n) is 6.84. The predicted molar refractivity (Wildman–Crippen MR) is 77.9 cm³/mol. The highest BCUT2D eigenvalue weighted by Gasteiger charge is 2.13. The van der Waals surface area contributed by atoms with E-state index in [1.165, 1.54) is 0 Å². The van der Waals surface area contributed by atoms with Crippen molar-refractivity contribution < 1.29 is 19.7 Å². The summed E-state index contributed by atoms with van der Waals surface area (Å²) in [7, 11) is 3.92. The van der Waals surface area contributed by atoms with Crippen molar-refractivity contribution in [3.63, 3.8) is 0 Å². The molecule has 0 aromatic heterocycles. The second-order valence-electron chi connectivity index (χ2n) is 4.55. The second-order valence-corrected chi connectivity index (χ2v) is 4.55. The topological polar surface area (TPSA) is 86.2 Å². The Morgan fingerprint density at radius 2 is 1.85 bits per heavy atom. The van der Waals surface area contributed by atoms with Gasteiger partial charge in [0.25, 0.3) is 0 Å². The Morgan fingerprint density at radius 1 is 1.20 bits per heavy atom. The zero-order valence-corrected chi connectivity index (χ0v) is 12.7. The highest BCUT2D eigenvalue weighted by atomic mass is 16.6. The number of ether oxygens (including phenoxy) is 2. The first kappa shape index (κ1) is 19.5. The lowest BCUT2D eigenvalue weighted by Gasteiger charge is -2.26. The normalized spacial score (nSPS) is 16.1. The fraction of sp³-hybridized carbons (Fsp3) is 0.846. The maximum atomic E-state index is 9.45. The van der Waals surface area contributed by atoms with Gasteiger partial charge in [-0.3, -0.25) is 10.6 Å². The maximum absolute atomic E-state index is 9.45. The Labute approximate surface area is 121 Å². The average Bonchev–Trinajstić information content (AvgIpc) is 2.40. The molecule has 0 saturated carbocycles. The number of likely N-dealkylation sites (N-methyl/N-ethyl adjacent to an activating group) is 1. The van der Waals surface area contributed by atoms with Crippen molar-refractivity contribution in [3.05, 3.63) is 12.7 Å². The van der Waals surface area contributed by atoms with E-state index in [1.807, 2.05) is 25.9 Å². The zero-order chi connectivity index (χ0) is 15.4. The molecule has 0 radical (unpaired) electrons. The van der Waals surface area contributed by atoms with Crippen molar-refractivity contribution >= 4 is 0 Å². The number of rotatable bonds is 13. The summed E-state index contributed by atoms with van der Waals surface area (Å²) in [5, 5.41) is 24.7. The molecular weight excluding hydrogens is 262 g/mol. The van der Waals surface area contributed by atoms with Crippen LogP contribution in [0.5, 0.6) is 0 Å². The number of hydrogen-bond donors (Lipinski definition) is 4. The molecule has 20 heavy (non-hydrogen) atoms. The van der Waals surface area contributed by atoms with Crippen molar-refractivity contribution in [2.24, 2.45) is 0 Å². The molecule has 0 spiro atoms. The van der Waals surface area contributed by atoms with Gasteiger partial charge in [0.1, 0.15) is 0 Å². The Hall–Kier alpha value is -0.540. The van der Waals surface area contributed by atoms with Gasteiger partial charge in [-0.05, 0) is 27.4 Å². The lowest BCUT2D eigenvalue weighted by molar-refractivity contribution is -0.119. The summed E-state index contributed by atoms with van der Waals surface area (Å²) in [5.74, 6) is 0. The largest absolute Gasteiger partial charge is 0.356 e. The van der Waals surface area contributed by atoms with Gasteiger partial charge in [0.2, 0.25) is 12.8 Å². The van der Waals surface area contributed by atoms with Crippen LogP contribution < -0.4 is 10.6 Å². The Balaban J connectivity index is 3.87. The predicted octanol–water partition coefficient (Wildman–Crippen LogP) is -0.723. The van der Waals surface area contributed by atoms with Crippen LogP contribution in [-0.2, 0) is 9.47 Å². The molecule has 7 nitrogen and oxygen atoms in total. The smallest absolute Gasteiger partial charge is 0.213 e. The van der Waals surface area contributed by atoms with Gasteiger partial charge in [0, 0.05) is 25.7 Å². The minimum absolute atomic E-state index is 0.198. The van der Waals surface area contributed by atoms with E-state index < -0.39 is 12.8 Å². The minimum Gasteiger partial charge on any atom is -0.356 e. The molecule has 120 valence electrons. The van der Waals surface area contributed by atoms with E-state index in [4.69, 9.17) is 9.47 Å². The molecule has 3 atom stereocenters. The van der Waals surface area contributed by atoms with Crippen molar-refractivity contribution in [1.82, 2.24) is 15.5 Å². The van der Waals surface area contributed by atoms with Gasteiger partial charge in [0.05, 0.1) is 6.61 Å². The van der Waals surface area contributed by atoms with Gasteiger partial charge in [-0.15, -0.1) is 6.58 Å². The number of aliphatic hydroxyl groups excluding tert-OH is 2. The molecular formula is C13H29N3O4. The lowest BCUT2D eigenvalue weighted by Crippen LogP contribution is -2.45. The Bertz CT molecular complexity index is 242. The molecule has 0 heterocycles. The van der Waals surface area contributed by atoms with Crippen LogP contribution in [0.4, 0.5) is 0 Å². The van der Waals surface area contributed by atoms with Crippen molar-refractivity contribution in [2.75, 3.05) is 40.4 Å². The monoisotopic (exact) mass is 291 g/mol. The zero-order valence-electron chi connectivity index (χ0n) is 12.7. The molecule has 7 heteroatoms. The van der Waals surface area contributed by atoms with Crippen LogP contribution >= 0.6 is 0 Å².